The van der Waals surface area contributed by atoms with Crippen LogP contribution in [0.2, 0.25) is 0 Å². The van der Waals surface area contributed by atoms with Crippen molar-refractivity contribution in [1.82, 2.24) is 4.90 Å². The maximum atomic E-state index is 5.49. The zero-order chi connectivity index (χ0) is 7.03. The summed E-state index contributed by atoms with van der Waals surface area (Å²) in [5, 5.41) is 0. The van der Waals surface area contributed by atoms with E-state index in [1.807, 2.05) is 0 Å². The van der Waals surface area contributed by atoms with Crippen molar-refractivity contribution in [3.8, 4) is 0 Å². The highest BCUT2D eigenvalue weighted by molar-refractivity contribution is 5.01. The molecule has 2 heteroatoms. The molecule has 0 aliphatic carbocycles. The monoisotopic (exact) mass is 141 g/mol. The Morgan fingerprint density at radius 2 is 2.20 bits per heavy atom. The van der Waals surface area contributed by atoms with Crippen LogP contribution in [0.4, 0.5) is 0 Å². The maximum Gasteiger partial charge on any atom is 0.0956 e. The number of rotatable bonds is 2. The van der Waals surface area contributed by atoms with Crippen LogP contribution in [0.5, 0.6) is 0 Å². The largest absolute Gasteiger partial charge is 0.372 e. The van der Waals surface area contributed by atoms with Crippen molar-refractivity contribution >= 4 is 0 Å². The summed E-state index contributed by atoms with van der Waals surface area (Å²) in [7, 11) is 0. The second kappa shape index (κ2) is 2.21. The topological polar surface area (TPSA) is 12.5 Å². The fourth-order valence-corrected chi connectivity index (χ4v) is 1.88. The van der Waals surface area contributed by atoms with Gasteiger partial charge in [-0.2, -0.15) is 0 Å². The first-order chi connectivity index (χ1) is 4.85. The van der Waals surface area contributed by atoms with E-state index in [0.29, 0.717) is 5.60 Å². The summed E-state index contributed by atoms with van der Waals surface area (Å²) in [6, 6.07) is 0. The number of likely N-dealkylation sites (tertiary alicyclic amines) is 1. The van der Waals surface area contributed by atoms with Crippen LogP contribution in [0.25, 0.3) is 0 Å². The summed E-state index contributed by atoms with van der Waals surface area (Å²) in [5.41, 5.74) is 0.342. The minimum atomic E-state index is 0.342. The third-order valence-corrected chi connectivity index (χ3v) is 2.53. The van der Waals surface area contributed by atoms with E-state index in [4.69, 9.17) is 4.74 Å². The van der Waals surface area contributed by atoms with Gasteiger partial charge in [-0.25, -0.2) is 0 Å². The number of hydrogen-bond donors (Lipinski definition) is 0. The van der Waals surface area contributed by atoms with Crippen LogP contribution in [0, 0.1) is 0 Å². The van der Waals surface area contributed by atoms with Crippen molar-refractivity contribution in [2.45, 2.75) is 25.4 Å². The van der Waals surface area contributed by atoms with Crippen LogP contribution >= 0.6 is 0 Å². The Bertz CT molecular complexity index is 123. The molecule has 58 valence electrons. The van der Waals surface area contributed by atoms with E-state index >= 15 is 0 Å². The molecule has 0 unspecified atom stereocenters. The quantitative estimate of drug-likeness (QED) is 0.566. The molecule has 0 aromatic rings. The molecule has 0 atom stereocenters. The van der Waals surface area contributed by atoms with E-state index in [1.54, 1.807) is 0 Å². The summed E-state index contributed by atoms with van der Waals surface area (Å²) >= 11 is 0. The molecule has 2 fully saturated rings. The first-order valence-corrected chi connectivity index (χ1v) is 4.21. The third-order valence-electron chi connectivity index (χ3n) is 2.53. The number of nitrogens with zero attached hydrogens (tertiary/aromatic N) is 1. The predicted molar refractivity (Wildman–Crippen MR) is 40.0 cm³/mol. The molecular weight excluding hydrogens is 126 g/mol. The standard InChI is InChI=1S/C8H15NO/c1-2-4-9-6-8(7-9)3-5-10-8/h2-7H2,1H3. The normalized spacial score (nSPS) is 29.7. The van der Waals surface area contributed by atoms with Crippen LogP contribution in [-0.4, -0.2) is 36.7 Å². The highest BCUT2D eigenvalue weighted by Gasteiger charge is 2.48. The van der Waals surface area contributed by atoms with Crippen LogP contribution in [0.1, 0.15) is 19.8 Å². The molecule has 0 amide bonds. The van der Waals surface area contributed by atoms with Crippen molar-refractivity contribution in [2.24, 2.45) is 0 Å². The van der Waals surface area contributed by atoms with Crippen LogP contribution in [0.15, 0.2) is 0 Å². The van der Waals surface area contributed by atoms with Gasteiger partial charge in [0.15, 0.2) is 0 Å². The molecule has 0 N–H and O–H groups in total. The lowest BCUT2D eigenvalue weighted by molar-refractivity contribution is -0.221. The van der Waals surface area contributed by atoms with Crippen molar-refractivity contribution in [2.75, 3.05) is 26.2 Å². The van der Waals surface area contributed by atoms with Gasteiger partial charge in [-0.1, -0.05) is 6.92 Å². The Labute approximate surface area is 62.2 Å². The van der Waals surface area contributed by atoms with Crippen molar-refractivity contribution in [1.29, 1.82) is 0 Å². The van der Waals surface area contributed by atoms with Crippen molar-refractivity contribution in [3.05, 3.63) is 0 Å². The van der Waals surface area contributed by atoms with Gasteiger partial charge in [0.25, 0.3) is 0 Å². The second-order valence-electron chi connectivity index (χ2n) is 3.49. The fraction of sp³-hybridized carbons (Fsp3) is 1.00. The zero-order valence-corrected chi connectivity index (χ0v) is 6.60. The molecule has 10 heavy (non-hydrogen) atoms. The van der Waals surface area contributed by atoms with Gasteiger partial charge in [0.05, 0.1) is 12.2 Å². The Kier molecular flexibility index (Phi) is 1.46. The summed E-state index contributed by atoms with van der Waals surface area (Å²) < 4.78 is 5.49. The van der Waals surface area contributed by atoms with E-state index in [1.165, 1.54) is 32.5 Å². The van der Waals surface area contributed by atoms with Gasteiger partial charge < -0.3 is 4.74 Å². The van der Waals surface area contributed by atoms with Gasteiger partial charge in [-0.3, -0.25) is 4.90 Å². The van der Waals surface area contributed by atoms with Crippen molar-refractivity contribution in [3.63, 3.8) is 0 Å². The molecule has 1 spiro atoms. The molecule has 0 aromatic heterocycles. The minimum absolute atomic E-state index is 0.342. The van der Waals surface area contributed by atoms with Gasteiger partial charge >= 0.3 is 0 Å². The van der Waals surface area contributed by atoms with Gasteiger partial charge in [0.2, 0.25) is 0 Å². The molecule has 0 aromatic carbocycles. The van der Waals surface area contributed by atoms with E-state index in [0.717, 1.165) is 6.61 Å². The first kappa shape index (κ1) is 6.62. The van der Waals surface area contributed by atoms with Crippen molar-refractivity contribution < 1.29 is 4.74 Å². The fourth-order valence-electron chi connectivity index (χ4n) is 1.88. The van der Waals surface area contributed by atoms with Gasteiger partial charge in [-0.05, 0) is 13.0 Å². The Morgan fingerprint density at radius 3 is 2.60 bits per heavy atom. The van der Waals surface area contributed by atoms with Crippen LogP contribution in [-0.2, 0) is 4.74 Å². The molecule has 0 radical (unpaired) electrons. The van der Waals surface area contributed by atoms with E-state index < -0.39 is 0 Å². The molecule has 2 nitrogen and oxygen atoms in total. The second-order valence-corrected chi connectivity index (χ2v) is 3.49. The Balaban J connectivity index is 1.72. The number of hydrogen-bond acceptors (Lipinski definition) is 2. The average Bonchev–Trinajstić information content (AvgIpc) is 1.72. The highest BCUT2D eigenvalue weighted by atomic mass is 16.5. The molecule has 2 aliphatic rings. The summed E-state index contributed by atoms with van der Waals surface area (Å²) in [5.74, 6) is 0. The van der Waals surface area contributed by atoms with Crippen LogP contribution < -0.4 is 0 Å². The van der Waals surface area contributed by atoms with Gasteiger partial charge in [0.1, 0.15) is 0 Å². The predicted octanol–water partition coefficient (Wildman–Crippen LogP) is 0.871. The maximum absolute atomic E-state index is 5.49. The zero-order valence-electron chi connectivity index (χ0n) is 6.60. The molecule has 2 heterocycles. The van der Waals surface area contributed by atoms with Gasteiger partial charge in [-0.15, -0.1) is 0 Å². The third kappa shape index (κ3) is 0.867. The average molecular weight is 141 g/mol. The molecule has 2 saturated heterocycles. The van der Waals surface area contributed by atoms with E-state index in [-0.39, 0.29) is 0 Å². The number of ether oxygens (including phenoxy) is 1. The molecule has 2 aliphatic heterocycles. The molecule has 0 bridgehead atoms. The SMILES string of the molecule is CCCN1CC2(CCO2)C1. The summed E-state index contributed by atoms with van der Waals surface area (Å²) in [6.45, 7) is 6.87. The smallest absolute Gasteiger partial charge is 0.0956 e. The molecule has 0 saturated carbocycles. The lowest BCUT2D eigenvalue weighted by Gasteiger charge is -2.55. The van der Waals surface area contributed by atoms with E-state index in [2.05, 4.69) is 11.8 Å². The molecule has 2 rings (SSSR count). The lowest BCUT2D eigenvalue weighted by atomic mass is 9.86. The highest BCUT2D eigenvalue weighted by Crippen LogP contribution is 2.35. The minimum Gasteiger partial charge on any atom is -0.372 e. The van der Waals surface area contributed by atoms with Gasteiger partial charge in [0, 0.05) is 19.5 Å². The first-order valence-electron chi connectivity index (χ1n) is 4.21. The van der Waals surface area contributed by atoms with Crippen LogP contribution in [0.3, 0.4) is 0 Å². The van der Waals surface area contributed by atoms with E-state index in [9.17, 15) is 0 Å². The lowest BCUT2D eigenvalue weighted by Crippen LogP contribution is -2.68. The summed E-state index contributed by atoms with van der Waals surface area (Å²) in [6.07, 6.45) is 2.57. The summed E-state index contributed by atoms with van der Waals surface area (Å²) in [4.78, 5) is 2.47. The Morgan fingerprint density at radius 1 is 1.50 bits per heavy atom. The Hall–Kier alpha value is -0.0800. The molecular formula is C8H15NO.